The average molecular weight is 349 g/mol. The summed E-state index contributed by atoms with van der Waals surface area (Å²) in [7, 11) is 0. The van der Waals surface area contributed by atoms with Crippen LogP contribution in [0.4, 0.5) is 16.6 Å². The maximum Gasteiger partial charge on any atom is 0.271 e. The van der Waals surface area contributed by atoms with Crippen LogP contribution in [0.2, 0.25) is 0 Å². The van der Waals surface area contributed by atoms with Crippen molar-refractivity contribution in [2.45, 2.75) is 32.7 Å². The van der Waals surface area contributed by atoms with Crippen LogP contribution >= 0.6 is 11.5 Å². The van der Waals surface area contributed by atoms with Gasteiger partial charge in [-0.1, -0.05) is 13.8 Å². The van der Waals surface area contributed by atoms with Gasteiger partial charge >= 0.3 is 0 Å². The van der Waals surface area contributed by atoms with Gasteiger partial charge in [-0.15, -0.1) is 0 Å². The lowest BCUT2D eigenvalue weighted by molar-refractivity contribution is -0.118. The van der Waals surface area contributed by atoms with E-state index in [1.165, 1.54) is 17.7 Å². The molecular formula is C14H19N7O2S. The Morgan fingerprint density at radius 2 is 2.08 bits per heavy atom. The van der Waals surface area contributed by atoms with Crippen molar-refractivity contribution in [2.75, 3.05) is 10.6 Å². The molecule has 0 aliphatic heterocycles. The van der Waals surface area contributed by atoms with Crippen LogP contribution in [0.25, 0.3) is 0 Å². The molecule has 0 spiro atoms. The highest BCUT2D eigenvalue weighted by Crippen LogP contribution is 2.23. The molecule has 0 aromatic carbocycles. The number of nitrogens with one attached hydrogen (secondary N) is 2. The lowest BCUT2D eigenvalue weighted by Crippen LogP contribution is -2.35. The van der Waals surface area contributed by atoms with E-state index in [2.05, 4.69) is 25.0 Å². The van der Waals surface area contributed by atoms with Crippen LogP contribution in [0.3, 0.4) is 0 Å². The van der Waals surface area contributed by atoms with E-state index in [9.17, 15) is 9.59 Å². The maximum absolute atomic E-state index is 11.5. The number of primary amides is 2. The minimum Gasteiger partial charge on any atom is -0.368 e. The predicted molar refractivity (Wildman–Crippen MR) is 92.2 cm³/mol. The van der Waals surface area contributed by atoms with E-state index in [-0.39, 0.29) is 11.5 Å². The second-order valence-electron chi connectivity index (χ2n) is 4.99. The summed E-state index contributed by atoms with van der Waals surface area (Å²) in [6.45, 7) is 3.81. The van der Waals surface area contributed by atoms with Crippen molar-refractivity contribution in [2.24, 2.45) is 11.5 Å². The second kappa shape index (κ2) is 7.68. The number of hydrogen-bond acceptors (Lipinski definition) is 8. The molecule has 0 fully saturated rings. The lowest BCUT2D eigenvalue weighted by Gasteiger charge is -2.15. The van der Waals surface area contributed by atoms with Gasteiger partial charge in [-0.25, -0.2) is 9.97 Å². The van der Waals surface area contributed by atoms with Crippen LogP contribution in [-0.2, 0) is 11.2 Å². The third kappa shape index (κ3) is 4.16. The zero-order valence-corrected chi connectivity index (χ0v) is 14.2. The standard InChI is InChI=1S/C14H19N7O2S/c1-3-7-5-10(24-21-7)20-14-11(13(16)23)17-6-9(19-14)18-8(4-2)12(15)22/h5-6,8H,3-4H2,1-2H3,(H2,15,22)(H2,16,23)(H2,18,19,20). The smallest absolute Gasteiger partial charge is 0.271 e. The normalized spacial score (nSPS) is 11.8. The summed E-state index contributed by atoms with van der Waals surface area (Å²) >= 11 is 1.24. The van der Waals surface area contributed by atoms with Gasteiger partial charge in [-0.05, 0) is 30.4 Å². The number of amides is 2. The second-order valence-corrected chi connectivity index (χ2v) is 5.79. The first kappa shape index (κ1) is 17.6. The zero-order valence-electron chi connectivity index (χ0n) is 13.4. The fourth-order valence-electron chi connectivity index (χ4n) is 1.93. The maximum atomic E-state index is 11.5. The Morgan fingerprint density at radius 3 is 2.62 bits per heavy atom. The Bertz CT molecular complexity index is 746. The van der Waals surface area contributed by atoms with Crippen molar-refractivity contribution in [3.63, 3.8) is 0 Å². The van der Waals surface area contributed by atoms with Crippen molar-refractivity contribution >= 4 is 40.0 Å². The first-order chi connectivity index (χ1) is 11.4. The van der Waals surface area contributed by atoms with Gasteiger partial charge in [-0.3, -0.25) is 9.59 Å². The van der Waals surface area contributed by atoms with Crippen LogP contribution in [-0.4, -0.2) is 32.2 Å². The zero-order chi connectivity index (χ0) is 17.7. The van der Waals surface area contributed by atoms with Crippen molar-refractivity contribution in [3.05, 3.63) is 23.7 Å². The van der Waals surface area contributed by atoms with Gasteiger partial charge in [0.15, 0.2) is 11.5 Å². The van der Waals surface area contributed by atoms with E-state index in [4.69, 9.17) is 11.5 Å². The third-order valence-electron chi connectivity index (χ3n) is 3.24. The molecule has 0 radical (unpaired) electrons. The molecule has 10 heteroatoms. The fourth-order valence-corrected chi connectivity index (χ4v) is 2.66. The van der Waals surface area contributed by atoms with E-state index in [0.29, 0.717) is 17.2 Å². The summed E-state index contributed by atoms with van der Waals surface area (Å²) in [6, 6.07) is 1.27. The molecule has 0 saturated heterocycles. The van der Waals surface area contributed by atoms with Gasteiger partial charge in [0.2, 0.25) is 5.91 Å². The Kier molecular flexibility index (Phi) is 5.64. The number of carbonyl (C=O) groups excluding carboxylic acids is 2. The number of aromatic nitrogens is 3. The Balaban J connectivity index is 2.30. The summed E-state index contributed by atoms with van der Waals surface area (Å²) in [5.74, 6) is -0.701. The molecule has 0 saturated carbocycles. The molecule has 0 aliphatic rings. The highest BCUT2D eigenvalue weighted by Gasteiger charge is 2.17. The first-order valence-corrected chi connectivity index (χ1v) is 8.17. The molecule has 0 bridgehead atoms. The number of carbonyl (C=O) groups is 2. The van der Waals surface area contributed by atoms with Crippen LogP contribution < -0.4 is 22.1 Å². The predicted octanol–water partition coefficient (Wildman–Crippen LogP) is 1.01. The Labute approximate surface area is 143 Å². The highest BCUT2D eigenvalue weighted by molar-refractivity contribution is 7.10. The molecule has 6 N–H and O–H groups in total. The Hall–Kier alpha value is -2.75. The van der Waals surface area contributed by atoms with Gasteiger partial charge in [0.05, 0.1) is 11.9 Å². The molecular weight excluding hydrogens is 330 g/mol. The molecule has 0 aliphatic carbocycles. The number of aryl methyl sites for hydroxylation is 1. The van der Waals surface area contributed by atoms with E-state index in [0.717, 1.165) is 12.1 Å². The van der Waals surface area contributed by atoms with Gasteiger partial charge in [-0.2, -0.15) is 4.37 Å². The summed E-state index contributed by atoms with van der Waals surface area (Å²) in [6.07, 6.45) is 2.62. The minimum absolute atomic E-state index is 0.000813. The van der Waals surface area contributed by atoms with Gasteiger partial charge in [0.25, 0.3) is 5.91 Å². The van der Waals surface area contributed by atoms with Crippen LogP contribution in [0.1, 0.15) is 36.5 Å². The summed E-state index contributed by atoms with van der Waals surface area (Å²) in [4.78, 5) is 31.2. The third-order valence-corrected chi connectivity index (χ3v) is 3.98. The van der Waals surface area contributed by atoms with Gasteiger partial charge < -0.3 is 22.1 Å². The summed E-state index contributed by atoms with van der Waals surface area (Å²) in [5.41, 5.74) is 11.6. The van der Waals surface area contributed by atoms with Crippen LogP contribution in [0.5, 0.6) is 0 Å². The molecule has 2 aromatic rings. The molecule has 1 unspecified atom stereocenters. The monoisotopic (exact) mass is 349 g/mol. The topological polar surface area (TPSA) is 149 Å². The quantitative estimate of drug-likeness (QED) is 0.555. The van der Waals surface area contributed by atoms with E-state index in [1.807, 2.05) is 19.9 Å². The lowest BCUT2D eigenvalue weighted by atomic mass is 10.2. The average Bonchev–Trinajstić information content (AvgIpc) is 2.99. The first-order valence-electron chi connectivity index (χ1n) is 7.39. The van der Waals surface area contributed by atoms with Crippen molar-refractivity contribution in [1.29, 1.82) is 0 Å². The fraction of sp³-hybridized carbons (Fsp3) is 0.357. The SMILES string of the molecule is CCc1cc(Nc2nc(NC(CC)C(N)=O)cnc2C(N)=O)sn1. The number of nitrogens with two attached hydrogens (primary N) is 2. The van der Waals surface area contributed by atoms with Gasteiger partial charge in [0.1, 0.15) is 16.9 Å². The molecule has 2 amide bonds. The number of anilines is 3. The molecule has 9 nitrogen and oxygen atoms in total. The summed E-state index contributed by atoms with van der Waals surface area (Å²) < 4.78 is 4.25. The van der Waals surface area contributed by atoms with Crippen LogP contribution in [0, 0.1) is 0 Å². The highest BCUT2D eigenvalue weighted by atomic mass is 32.1. The van der Waals surface area contributed by atoms with E-state index >= 15 is 0 Å². The Morgan fingerprint density at radius 1 is 1.33 bits per heavy atom. The van der Waals surface area contributed by atoms with Crippen molar-refractivity contribution < 1.29 is 9.59 Å². The minimum atomic E-state index is -0.710. The molecule has 2 aromatic heterocycles. The van der Waals surface area contributed by atoms with Gasteiger partial charge in [0, 0.05) is 0 Å². The molecule has 128 valence electrons. The van der Waals surface area contributed by atoms with E-state index < -0.39 is 17.9 Å². The van der Waals surface area contributed by atoms with Crippen LogP contribution in [0.15, 0.2) is 12.3 Å². The molecule has 1 atom stereocenters. The summed E-state index contributed by atoms with van der Waals surface area (Å²) in [5, 5.41) is 6.59. The number of nitrogens with zero attached hydrogens (tertiary/aromatic N) is 3. The number of rotatable bonds is 8. The number of hydrogen-bond donors (Lipinski definition) is 4. The molecule has 2 heterocycles. The largest absolute Gasteiger partial charge is 0.368 e. The van der Waals surface area contributed by atoms with Crippen molar-refractivity contribution in [3.8, 4) is 0 Å². The van der Waals surface area contributed by atoms with Crippen molar-refractivity contribution in [1.82, 2.24) is 14.3 Å². The molecule has 2 rings (SSSR count). The molecule has 24 heavy (non-hydrogen) atoms. The van der Waals surface area contributed by atoms with E-state index in [1.54, 1.807) is 0 Å².